The number of nitrogens with zero attached hydrogens (tertiary/aromatic N) is 2. The number of aryl methyl sites for hydroxylation is 1. The highest BCUT2D eigenvalue weighted by atomic mass is 79.9. The first kappa shape index (κ1) is 17.8. The Morgan fingerprint density at radius 1 is 1.19 bits per heavy atom. The minimum Gasteiger partial charge on any atom is -0.493 e. The summed E-state index contributed by atoms with van der Waals surface area (Å²) in [6, 6.07) is 15.3. The van der Waals surface area contributed by atoms with E-state index in [1.54, 1.807) is 0 Å². The van der Waals surface area contributed by atoms with E-state index in [-0.39, 0.29) is 11.9 Å². The molecule has 0 fully saturated rings. The summed E-state index contributed by atoms with van der Waals surface area (Å²) in [5, 5.41) is 7.65. The van der Waals surface area contributed by atoms with Gasteiger partial charge < -0.3 is 10.1 Å². The summed E-state index contributed by atoms with van der Waals surface area (Å²) in [6.07, 6.45) is 0.765. The van der Waals surface area contributed by atoms with Crippen LogP contribution in [0.5, 0.6) is 5.75 Å². The van der Waals surface area contributed by atoms with E-state index in [9.17, 15) is 4.79 Å². The highest BCUT2D eigenvalue weighted by Gasteiger charge is 2.23. The molecule has 138 valence electrons. The van der Waals surface area contributed by atoms with Crippen LogP contribution in [0.2, 0.25) is 0 Å². The summed E-state index contributed by atoms with van der Waals surface area (Å²) in [4.78, 5) is 12.7. The van der Waals surface area contributed by atoms with E-state index in [0.717, 1.165) is 39.3 Å². The van der Waals surface area contributed by atoms with Gasteiger partial charge in [0.25, 0.3) is 5.91 Å². The Bertz CT molecular complexity index is 995. The quantitative estimate of drug-likeness (QED) is 0.671. The van der Waals surface area contributed by atoms with E-state index in [1.165, 1.54) is 0 Å². The van der Waals surface area contributed by atoms with Gasteiger partial charge in [0.15, 0.2) is 0 Å². The normalized spacial score (nSPS) is 15.7. The van der Waals surface area contributed by atoms with Gasteiger partial charge in [0.1, 0.15) is 5.75 Å². The zero-order valence-electron chi connectivity index (χ0n) is 15.2. The van der Waals surface area contributed by atoms with E-state index in [4.69, 9.17) is 4.74 Å². The molecule has 1 aromatic heterocycles. The van der Waals surface area contributed by atoms with Crippen molar-refractivity contribution < 1.29 is 9.53 Å². The first-order valence-electron chi connectivity index (χ1n) is 8.89. The van der Waals surface area contributed by atoms with Gasteiger partial charge in [0.2, 0.25) is 0 Å². The molecule has 2 heterocycles. The maximum absolute atomic E-state index is 12.7. The molecule has 0 aliphatic carbocycles. The molecule has 0 saturated carbocycles. The van der Waals surface area contributed by atoms with Gasteiger partial charge in [0.05, 0.1) is 34.2 Å². The van der Waals surface area contributed by atoms with Crippen molar-refractivity contribution in [3.8, 4) is 11.4 Å². The molecular weight excluding hydrogens is 406 g/mol. The number of ether oxygens (including phenoxy) is 1. The molecule has 1 atom stereocenters. The van der Waals surface area contributed by atoms with Crippen molar-refractivity contribution in [2.75, 3.05) is 6.61 Å². The van der Waals surface area contributed by atoms with Gasteiger partial charge in [-0.1, -0.05) is 18.2 Å². The van der Waals surface area contributed by atoms with Crippen molar-refractivity contribution in [2.24, 2.45) is 0 Å². The van der Waals surface area contributed by atoms with Crippen LogP contribution in [0.25, 0.3) is 5.69 Å². The molecule has 4 rings (SSSR count). The molecule has 0 bridgehead atoms. The first-order valence-corrected chi connectivity index (χ1v) is 9.68. The second kappa shape index (κ2) is 7.19. The van der Waals surface area contributed by atoms with Gasteiger partial charge in [-0.3, -0.25) is 4.79 Å². The number of benzene rings is 2. The van der Waals surface area contributed by atoms with E-state index < -0.39 is 0 Å². The van der Waals surface area contributed by atoms with Crippen LogP contribution in [0.1, 0.15) is 39.8 Å². The summed E-state index contributed by atoms with van der Waals surface area (Å²) in [6.45, 7) is 4.57. The smallest absolute Gasteiger partial charge is 0.251 e. The third kappa shape index (κ3) is 3.37. The zero-order chi connectivity index (χ0) is 19.0. The van der Waals surface area contributed by atoms with Gasteiger partial charge in [-0.2, -0.15) is 5.10 Å². The number of hydrogen-bond donors (Lipinski definition) is 1. The fraction of sp³-hybridized carbons (Fsp3) is 0.238. The second-order valence-corrected chi connectivity index (χ2v) is 7.44. The topological polar surface area (TPSA) is 56.2 Å². The number of nitrogens with one attached hydrogen (secondary N) is 1. The molecule has 1 amide bonds. The highest BCUT2D eigenvalue weighted by Crippen LogP contribution is 2.31. The standard InChI is InChI=1S/C21H20BrN3O2/c1-13-20(22)14(2)25(24-13)16-9-7-15(8-10-16)21(26)23-18-11-12-27-19-6-4-3-5-17(18)19/h3-10,18H,11-12H2,1-2H3,(H,23,26). The maximum Gasteiger partial charge on any atom is 0.251 e. The summed E-state index contributed by atoms with van der Waals surface area (Å²) >= 11 is 3.55. The minimum atomic E-state index is -0.0854. The van der Waals surface area contributed by atoms with E-state index in [0.29, 0.717) is 12.2 Å². The van der Waals surface area contributed by atoms with Crippen LogP contribution in [-0.2, 0) is 0 Å². The van der Waals surface area contributed by atoms with Gasteiger partial charge in [-0.15, -0.1) is 0 Å². The number of amides is 1. The van der Waals surface area contributed by atoms with Crippen molar-refractivity contribution in [1.82, 2.24) is 15.1 Å². The SMILES string of the molecule is Cc1nn(-c2ccc(C(=O)NC3CCOc4ccccc43)cc2)c(C)c1Br. The molecule has 5 nitrogen and oxygen atoms in total. The van der Waals surface area contributed by atoms with Crippen LogP contribution in [0.4, 0.5) is 0 Å². The van der Waals surface area contributed by atoms with Crippen LogP contribution in [-0.4, -0.2) is 22.3 Å². The van der Waals surface area contributed by atoms with Gasteiger partial charge >= 0.3 is 0 Å². The van der Waals surface area contributed by atoms with E-state index in [1.807, 2.05) is 67.1 Å². The largest absolute Gasteiger partial charge is 0.493 e. The third-order valence-corrected chi connectivity index (χ3v) is 5.99. The fourth-order valence-electron chi connectivity index (χ4n) is 3.36. The number of halogens is 1. The molecule has 0 radical (unpaired) electrons. The lowest BCUT2D eigenvalue weighted by molar-refractivity contribution is 0.0925. The van der Waals surface area contributed by atoms with Crippen molar-refractivity contribution >= 4 is 21.8 Å². The Morgan fingerprint density at radius 2 is 1.93 bits per heavy atom. The van der Waals surface area contributed by atoms with Crippen LogP contribution in [0, 0.1) is 13.8 Å². The van der Waals surface area contributed by atoms with Crippen LogP contribution in [0.15, 0.2) is 53.0 Å². The fourth-order valence-corrected chi connectivity index (χ4v) is 3.61. The molecule has 2 aromatic carbocycles. The average Bonchev–Trinajstić information content (AvgIpc) is 2.96. The number of aromatic nitrogens is 2. The predicted molar refractivity (Wildman–Crippen MR) is 107 cm³/mol. The Kier molecular flexibility index (Phi) is 4.74. The molecule has 1 aliphatic heterocycles. The molecule has 0 saturated heterocycles. The third-order valence-electron chi connectivity index (χ3n) is 4.84. The van der Waals surface area contributed by atoms with Gasteiger partial charge in [-0.05, 0) is 60.1 Å². The molecule has 1 unspecified atom stereocenters. The number of hydrogen-bond acceptors (Lipinski definition) is 3. The van der Waals surface area contributed by atoms with E-state index in [2.05, 4.69) is 26.3 Å². The summed E-state index contributed by atoms with van der Waals surface area (Å²) < 4.78 is 8.54. The molecule has 6 heteroatoms. The van der Waals surface area contributed by atoms with Gasteiger partial charge in [0, 0.05) is 17.5 Å². The summed E-state index contributed by atoms with van der Waals surface area (Å²) in [7, 11) is 0. The van der Waals surface area contributed by atoms with Crippen LogP contribution in [0.3, 0.4) is 0 Å². The van der Waals surface area contributed by atoms with Crippen molar-refractivity contribution in [3.63, 3.8) is 0 Å². The minimum absolute atomic E-state index is 0.0332. The number of rotatable bonds is 3. The Morgan fingerprint density at radius 3 is 2.63 bits per heavy atom. The number of carbonyl (C=O) groups excluding carboxylic acids is 1. The highest BCUT2D eigenvalue weighted by molar-refractivity contribution is 9.10. The molecule has 1 N–H and O–H groups in total. The number of fused-ring (bicyclic) bond motifs is 1. The monoisotopic (exact) mass is 425 g/mol. The summed E-state index contributed by atoms with van der Waals surface area (Å²) in [5.74, 6) is 0.761. The van der Waals surface area contributed by atoms with Crippen molar-refractivity contribution in [2.45, 2.75) is 26.3 Å². The van der Waals surface area contributed by atoms with Crippen molar-refractivity contribution in [1.29, 1.82) is 0 Å². The summed E-state index contributed by atoms with van der Waals surface area (Å²) in [5.41, 5.74) is 4.55. The molecular formula is C21H20BrN3O2. The Labute approximate surface area is 166 Å². The van der Waals surface area contributed by atoms with Crippen LogP contribution < -0.4 is 10.1 Å². The van der Waals surface area contributed by atoms with Gasteiger partial charge in [-0.25, -0.2) is 4.68 Å². The lowest BCUT2D eigenvalue weighted by atomic mass is 10.00. The Balaban J connectivity index is 1.53. The second-order valence-electron chi connectivity index (χ2n) is 6.64. The number of para-hydroxylation sites is 1. The van der Waals surface area contributed by atoms with Crippen LogP contribution >= 0.6 is 15.9 Å². The lowest BCUT2D eigenvalue weighted by Crippen LogP contribution is -2.32. The lowest BCUT2D eigenvalue weighted by Gasteiger charge is -2.26. The molecule has 27 heavy (non-hydrogen) atoms. The van der Waals surface area contributed by atoms with E-state index >= 15 is 0 Å². The van der Waals surface area contributed by atoms with Crippen molar-refractivity contribution in [3.05, 3.63) is 75.5 Å². The average molecular weight is 426 g/mol. The predicted octanol–water partition coefficient (Wildman–Crippen LogP) is 4.51. The zero-order valence-corrected chi connectivity index (χ0v) is 16.8. The first-order chi connectivity index (χ1) is 13.0. The molecule has 3 aromatic rings. The Hall–Kier alpha value is -2.60. The maximum atomic E-state index is 12.7. The molecule has 0 spiro atoms. The molecule has 1 aliphatic rings. The number of carbonyl (C=O) groups is 1.